The van der Waals surface area contributed by atoms with E-state index in [1.807, 2.05) is 0 Å². The number of hydrogen-bond donors (Lipinski definition) is 6. The van der Waals surface area contributed by atoms with Gasteiger partial charge < -0.3 is 35.4 Å². The fraction of sp³-hybridized carbons (Fsp3) is 0.357. The average molecular weight is 312 g/mol. The molecule has 6 N–H and O–H groups in total. The van der Waals surface area contributed by atoms with Crippen LogP contribution in [0.3, 0.4) is 0 Å². The van der Waals surface area contributed by atoms with Crippen molar-refractivity contribution in [2.75, 3.05) is 6.61 Å². The number of hydrogen-bond acceptors (Lipinski definition) is 8. The molecule has 1 heterocycles. The fourth-order valence-electron chi connectivity index (χ4n) is 2.16. The minimum absolute atomic E-state index is 0.186. The Bertz CT molecular complexity index is 588. The Morgan fingerprint density at radius 3 is 2.18 bits per heavy atom. The number of ketones is 1. The molecule has 1 aliphatic rings. The van der Waals surface area contributed by atoms with E-state index in [-0.39, 0.29) is 17.7 Å². The number of rotatable bonds is 3. The molecule has 120 valence electrons. The van der Waals surface area contributed by atoms with Crippen molar-refractivity contribution >= 4 is 5.78 Å². The van der Waals surface area contributed by atoms with Crippen LogP contribution in [-0.4, -0.2) is 67.4 Å². The first-order valence-electron chi connectivity index (χ1n) is 6.38. The van der Waals surface area contributed by atoms with Crippen molar-refractivity contribution in [1.82, 2.24) is 0 Å². The monoisotopic (exact) mass is 312 g/mol. The maximum Gasteiger partial charge on any atom is 0.200 e. The number of carbonyl (C=O) groups is 1. The molecule has 1 aliphatic heterocycles. The van der Waals surface area contributed by atoms with Gasteiger partial charge in [0.25, 0.3) is 0 Å². The molecule has 1 aromatic carbocycles. The normalized spacial score (nSPS) is 28.3. The van der Waals surface area contributed by atoms with Gasteiger partial charge in [0.15, 0.2) is 23.0 Å². The number of benzene rings is 1. The van der Waals surface area contributed by atoms with Crippen molar-refractivity contribution in [2.45, 2.75) is 24.4 Å². The first kappa shape index (κ1) is 16.2. The molecule has 22 heavy (non-hydrogen) atoms. The molecule has 1 fully saturated rings. The summed E-state index contributed by atoms with van der Waals surface area (Å²) in [4.78, 5) is 12.3. The van der Waals surface area contributed by atoms with Crippen LogP contribution in [0.15, 0.2) is 24.3 Å². The highest BCUT2D eigenvalue weighted by atomic mass is 16.5. The summed E-state index contributed by atoms with van der Waals surface area (Å²) >= 11 is 0. The van der Waals surface area contributed by atoms with Gasteiger partial charge in [-0.05, 0) is 12.1 Å². The Morgan fingerprint density at radius 2 is 1.64 bits per heavy atom. The Labute approximate surface area is 125 Å². The van der Waals surface area contributed by atoms with E-state index in [4.69, 9.17) is 4.74 Å². The summed E-state index contributed by atoms with van der Waals surface area (Å²) in [6.45, 7) is 3.20. The largest absolute Gasteiger partial charge is 0.504 e. The van der Waals surface area contributed by atoms with Gasteiger partial charge in [-0.2, -0.15) is 0 Å². The van der Waals surface area contributed by atoms with Gasteiger partial charge in [0.05, 0.1) is 6.61 Å². The van der Waals surface area contributed by atoms with Gasteiger partial charge in [0.2, 0.25) is 0 Å². The summed E-state index contributed by atoms with van der Waals surface area (Å²) in [5, 5.41) is 56.9. The molecule has 0 spiro atoms. The van der Waals surface area contributed by atoms with Crippen LogP contribution in [0.4, 0.5) is 0 Å². The second-order valence-electron chi connectivity index (χ2n) is 5.02. The van der Waals surface area contributed by atoms with Gasteiger partial charge in [0, 0.05) is 11.1 Å². The number of aliphatic hydroxyl groups excluding tert-OH is 3. The van der Waals surface area contributed by atoms with Crippen LogP contribution in [0.1, 0.15) is 10.4 Å². The van der Waals surface area contributed by atoms with Crippen LogP contribution in [0.2, 0.25) is 0 Å². The van der Waals surface area contributed by atoms with Crippen molar-refractivity contribution in [3.8, 4) is 17.2 Å². The van der Waals surface area contributed by atoms with Crippen LogP contribution < -0.4 is 0 Å². The topological polar surface area (TPSA) is 148 Å². The first-order chi connectivity index (χ1) is 10.2. The van der Waals surface area contributed by atoms with E-state index in [2.05, 4.69) is 6.58 Å². The predicted molar refractivity (Wildman–Crippen MR) is 72.7 cm³/mol. The van der Waals surface area contributed by atoms with Crippen molar-refractivity contribution in [3.63, 3.8) is 0 Å². The highest BCUT2D eigenvalue weighted by Crippen LogP contribution is 2.36. The van der Waals surface area contributed by atoms with Gasteiger partial charge in [-0.1, -0.05) is 6.58 Å². The molecule has 0 amide bonds. The van der Waals surface area contributed by atoms with Crippen molar-refractivity contribution < 1.29 is 40.2 Å². The molecule has 1 aromatic rings. The van der Waals surface area contributed by atoms with Crippen LogP contribution in [0, 0.1) is 0 Å². The lowest BCUT2D eigenvalue weighted by Gasteiger charge is -2.35. The van der Waals surface area contributed by atoms with Crippen LogP contribution >= 0.6 is 0 Å². The molecule has 8 heteroatoms. The second kappa shape index (κ2) is 5.93. The predicted octanol–water partition coefficient (Wildman–Crippen LogP) is -0.976. The van der Waals surface area contributed by atoms with E-state index >= 15 is 0 Å². The van der Waals surface area contributed by atoms with Gasteiger partial charge in [-0.15, -0.1) is 0 Å². The van der Waals surface area contributed by atoms with E-state index in [0.29, 0.717) is 0 Å². The summed E-state index contributed by atoms with van der Waals surface area (Å²) < 4.78 is 5.11. The lowest BCUT2D eigenvalue weighted by atomic mass is 9.91. The molecule has 0 saturated carbocycles. The number of aromatic hydroxyl groups is 3. The highest BCUT2D eigenvalue weighted by molar-refractivity contribution is 6.09. The number of ether oxygens (including phenoxy) is 1. The van der Waals surface area contributed by atoms with Crippen molar-refractivity contribution in [2.24, 2.45) is 0 Å². The fourth-order valence-corrected chi connectivity index (χ4v) is 2.16. The standard InChI is InChI=1S/C14H16O8/c1-5(14-13(21)12(20)9(17)4-22-14)10(18)6-2-7(15)11(19)8(16)3-6/h2-3,9,12-17,19-21H,1,4H2. The van der Waals surface area contributed by atoms with Gasteiger partial charge >= 0.3 is 0 Å². The smallest absolute Gasteiger partial charge is 0.200 e. The van der Waals surface area contributed by atoms with E-state index in [0.717, 1.165) is 12.1 Å². The lowest BCUT2D eigenvalue weighted by Crippen LogP contribution is -2.54. The molecule has 0 aromatic heterocycles. The summed E-state index contributed by atoms with van der Waals surface area (Å²) in [7, 11) is 0. The third kappa shape index (κ3) is 2.77. The molecule has 0 radical (unpaired) electrons. The molecular weight excluding hydrogens is 296 g/mol. The number of Topliss-reactive ketones (excluding diaryl/α,β-unsaturated/α-hetero) is 1. The first-order valence-corrected chi connectivity index (χ1v) is 6.38. The number of phenols is 3. The van der Waals surface area contributed by atoms with Gasteiger partial charge in [0.1, 0.15) is 24.4 Å². The van der Waals surface area contributed by atoms with Gasteiger partial charge in [-0.3, -0.25) is 4.79 Å². The number of carbonyl (C=O) groups excluding carboxylic acids is 1. The van der Waals surface area contributed by atoms with E-state index in [1.165, 1.54) is 0 Å². The van der Waals surface area contributed by atoms with Crippen LogP contribution in [-0.2, 0) is 4.74 Å². The molecule has 0 aliphatic carbocycles. The molecule has 4 unspecified atom stereocenters. The molecule has 1 saturated heterocycles. The highest BCUT2D eigenvalue weighted by Gasteiger charge is 2.40. The minimum Gasteiger partial charge on any atom is -0.504 e. The summed E-state index contributed by atoms with van der Waals surface area (Å²) in [5.41, 5.74) is -0.419. The van der Waals surface area contributed by atoms with Gasteiger partial charge in [-0.25, -0.2) is 0 Å². The number of aliphatic hydroxyl groups is 3. The summed E-state index contributed by atoms with van der Waals surface area (Å²) in [5.74, 6) is -2.93. The average Bonchev–Trinajstić information content (AvgIpc) is 2.48. The zero-order valence-corrected chi connectivity index (χ0v) is 11.4. The maximum atomic E-state index is 12.3. The molecule has 0 bridgehead atoms. The Balaban J connectivity index is 2.24. The Morgan fingerprint density at radius 1 is 1.09 bits per heavy atom. The second-order valence-corrected chi connectivity index (χ2v) is 5.02. The lowest BCUT2D eigenvalue weighted by molar-refractivity contribution is -0.175. The molecule has 4 atom stereocenters. The Kier molecular flexibility index (Phi) is 4.38. The zero-order valence-electron chi connectivity index (χ0n) is 11.4. The third-order valence-electron chi connectivity index (χ3n) is 3.47. The van der Waals surface area contributed by atoms with Crippen LogP contribution in [0.25, 0.3) is 0 Å². The zero-order chi connectivity index (χ0) is 16.6. The quantitative estimate of drug-likeness (QED) is 0.237. The van der Waals surface area contributed by atoms with Crippen LogP contribution in [0.5, 0.6) is 17.2 Å². The third-order valence-corrected chi connectivity index (χ3v) is 3.47. The number of phenolic OH excluding ortho intramolecular Hbond substituents is 3. The SMILES string of the molecule is C=C(C(=O)c1cc(O)c(O)c(O)c1)C1OCC(O)C(O)C1O. The van der Waals surface area contributed by atoms with Crippen molar-refractivity contribution in [1.29, 1.82) is 0 Å². The van der Waals surface area contributed by atoms with E-state index in [9.17, 15) is 35.4 Å². The molecule has 2 rings (SSSR count). The molecular formula is C14H16O8. The van der Waals surface area contributed by atoms with E-state index < -0.39 is 47.4 Å². The maximum absolute atomic E-state index is 12.3. The minimum atomic E-state index is -1.56. The summed E-state index contributed by atoms with van der Waals surface area (Å²) in [6.07, 6.45) is -5.58. The summed E-state index contributed by atoms with van der Waals surface area (Å²) in [6, 6.07) is 1.84. The molecule has 8 nitrogen and oxygen atoms in total. The Hall–Kier alpha value is -2.13. The van der Waals surface area contributed by atoms with E-state index in [1.54, 1.807) is 0 Å². The van der Waals surface area contributed by atoms with Crippen molar-refractivity contribution in [3.05, 3.63) is 29.8 Å².